The molecule has 0 aromatic heterocycles. The maximum Gasteiger partial charge on any atom is 2.00 e. The second kappa shape index (κ2) is 220. The van der Waals surface area contributed by atoms with E-state index < -0.39 is 0 Å². The third-order valence-electron chi connectivity index (χ3n) is 0. The predicted molar refractivity (Wildman–Crippen MR) is 13.6 cm³/mol. The van der Waals surface area contributed by atoms with E-state index in [1.165, 1.54) is 0 Å². The molecule has 2 radical (unpaired) electrons. The fourth-order valence-electron chi connectivity index (χ4n) is 0. The minimum absolute atomic E-state index is 0. The summed E-state index contributed by atoms with van der Waals surface area (Å²) in [7, 11) is 0. The van der Waals surface area contributed by atoms with Crippen LogP contribution in [0.2, 0.25) is 0 Å². The van der Waals surface area contributed by atoms with Gasteiger partial charge in [-0.1, -0.05) is 0 Å². The van der Waals surface area contributed by atoms with Crippen molar-refractivity contribution < 1.29 is 140 Å². The Morgan fingerprint density at radius 2 is 0.455 bits per heavy atom. The van der Waals surface area contributed by atoms with Crippen molar-refractivity contribution in [2.24, 2.45) is 0 Å². The van der Waals surface area contributed by atoms with Gasteiger partial charge in [0.15, 0.2) is 0 Å². The van der Waals surface area contributed by atoms with Gasteiger partial charge in [-0.2, -0.15) is 0 Å². The zero-order valence-corrected chi connectivity index (χ0v) is 11.5. The molecule has 0 saturated heterocycles. The van der Waals surface area contributed by atoms with Crippen molar-refractivity contribution in [2.45, 2.75) is 0 Å². The maximum absolute atomic E-state index is 0. The standard InChI is InChI=1S/Co.K.Mn.Ni.7H2O/h;;;;7*1H2/q+2;+1;2*+2;;;;;;;/p-7. The molecule has 0 rings (SSSR count). The zero-order chi connectivity index (χ0) is 0. The average Bonchev–Trinajstić information content (AvgIpc) is 0. The third-order valence-corrected chi connectivity index (χ3v) is 0. The largest absolute Gasteiger partial charge is 2.00 e. The molecule has 76 valence electrons. The van der Waals surface area contributed by atoms with E-state index in [1.54, 1.807) is 0 Å². The molecule has 0 heterocycles. The van der Waals surface area contributed by atoms with Crippen molar-refractivity contribution in [1.29, 1.82) is 0 Å². The molecule has 0 aliphatic rings. The van der Waals surface area contributed by atoms with Crippen LogP contribution in [0.15, 0.2) is 0 Å². The molecule has 0 spiro atoms. The summed E-state index contributed by atoms with van der Waals surface area (Å²) in [6.07, 6.45) is 0. The molecule has 7 nitrogen and oxygen atoms in total. The molecule has 0 atom stereocenters. The Morgan fingerprint density at radius 3 is 0.455 bits per heavy atom. The van der Waals surface area contributed by atoms with Crippen LogP contribution in [0.3, 0.4) is 0 Å². The van der Waals surface area contributed by atoms with Crippen LogP contribution < -0.4 is 51.4 Å². The molecule has 0 bridgehead atoms. The van der Waals surface area contributed by atoms with Gasteiger partial charge in [0.2, 0.25) is 0 Å². The van der Waals surface area contributed by atoms with Gasteiger partial charge in [0.25, 0.3) is 0 Å². The van der Waals surface area contributed by atoms with Crippen molar-refractivity contribution in [3.8, 4) is 0 Å². The van der Waals surface area contributed by atoms with Crippen LogP contribution in [0.1, 0.15) is 0 Å². The van der Waals surface area contributed by atoms with Crippen molar-refractivity contribution in [2.75, 3.05) is 0 Å². The van der Waals surface area contributed by atoms with Crippen molar-refractivity contribution in [3.63, 3.8) is 0 Å². The molecule has 0 unspecified atom stereocenters. The minimum atomic E-state index is 0. The Balaban J connectivity index is 0. The van der Waals surface area contributed by atoms with E-state index in [-0.39, 0.29) is 140 Å². The Hall–Kier alpha value is 2.88. The van der Waals surface area contributed by atoms with E-state index in [0.29, 0.717) is 0 Å². The molecule has 0 aromatic carbocycles. The van der Waals surface area contributed by atoms with Gasteiger partial charge in [0.05, 0.1) is 0 Å². The van der Waals surface area contributed by atoms with Gasteiger partial charge < -0.3 is 38.3 Å². The Labute approximate surface area is 138 Å². The van der Waals surface area contributed by atoms with Crippen LogP contribution in [0, 0.1) is 0 Å². The van der Waals surface area contributed by atoms with E-state index in [2.05, 4.69) is 0 Å². The van der Waals surface area contributed by atoms with Gasteiger partial charge in [-0.3, -0.25) is 0 Å². The van der Waals surface area contributed by atoms with Crippen LogP contribution in [0.4, 0.5) is 0 Å². The van der Waals surface area contributed by atoms with E-state index in [0.717, 1.165) is 0 Å². The number of hydrogen-bond donors (Lipinski definition) is 0. The summed E-state index contributed by atoms with van der Waals surface area (Å²) in [6.45, 7) is 0. The van der Waals surface area contributed by atoms with Gasteiger partial charge in [-0.15, -0.1) is 0 Å². The molecule has 0 fully saturated rings. The summed E-state index contributed by atoms with van der Waals surface area (Å²) in [5.74, 6) is 0. The number of rotatable bonds is 0. The summed E-state index contributed by atoms with van der Waals surface area (Å²) in [5, 5.41) is 0. The monoisotopic (exact) mass is 330 g/mol. The van der Waals surface area contributed by atoms with Crippen LogP contribution in [0.25, 0.3) is 0 Å². The average molecular weight is 331 g/mol. The Kier molecular flexibility index (Phi) is 5550. The quantitative estimate of drug-likeness (QED) is 0.398. The van der Waals surface area contributed by atoms with Gasteiger partial charge in [0, 0.05) is 0 Å². The predicted octanol–water partition coefficient (Wildman–Crippen LogP) is -4.24. The second-order valence-electron chi connectivity index (χ2n) is 0. The number of hydrogen-bond acceptors (Lipinski definition) is 7. The summed E-state index contributed by atoms with van der Waals surface area (Å²) in [5.41, 5.74) is 0. The van der Waals surface area contributed by atoms with Gasteiger partial charge in [0.1, 0.15) is 0 Å². The Bertz CT molecular complexity index is 18.4. The normalized spacial score (nSPS) is 0. The first-order valence-electron chi connectivity index (χ1n) is 0. The molecule has 0 aliphatic heterocycles. The molecule has 11 heteroatoms. The fraction of sp³-hybridized carbons (Fsp3) is 0. The molecule has 0 aliphatic carbocycles. The maximum atomic E-state index is 0. The van der Waals surface area contributed by atoms with Crippen molar-refractivity contribution in [3.05, 3.63) is 0 Å². The summed E-state index contributed by atoms with van der Waals surface area (Å²) in [4.78, 5) is 0. The minimum Gasteiger partial charge on any atom is -0.870 e. The van der Waals surface area contributed by atoms with Crippen LogP contribution in [-0.2, 0) is 50.3 Å². The first-order valence-corrected chi connectivity index (χ1v) is 0. The van der Waals surface area contributed by atoms with E-state index in [1.807, 2.05) is 0 Å². The van der Waals surface area contributed by atoms with Crippen LogP contribution in [-0.4, -0.2) is 38.3 Å². The summed E-state index contributed by atoms with van der Waals surface area (Å²) in [6, 6.07) is 0. The first kappa shape index (κ1) is 278. The van der Waals surface area contributed by atoms with Gasteiger partial charge >= 0.3 is 102 Å². The molecule has 0 aromatic rings. The molecule has 0 amide bonds. The molecular weight excluding hydrogens is 324 g/mol. The van der Waals surface area contributed by atoms with E-state index in [9.17, 15) is 0 Å². The van der Waals surface area contributed by atoms with E-state index in [4.69, 9.17) is 0 Å². The zero-order valence-electron chi connectivity index (χ0n) is 5.16. The first-order chi connectivity index (χ1) is 0. The van der Waals surface area contributed by atoms with E-state index >= 15 is 0 Å². The molecule has 11 heavy (non-hydrogen) atoms. The molecular formula is H7CoKMnNiO7. The smallest absolute Gasteiger partial charge is 0.870 e. The van der Waals surface area contributed by atoms with Crippen LogP contribution in [0.5, 0.6) is 0 Å². The van der Waals surface area contributed by atoms with Gasteiger partial charge in [-0.05, 0) is 0 Å². The topological polar surface area (TPSA) is 210 Å². The fourth-order valence-corrected chi connectivity index (χ4v) is 0. The third kappa shape index (κ3) is 184. The molecule has 7 N–H and O–H groups in total. The van der Waals surface area contributed by atoms with Crippen molar-refractivity contribution >= 4 is 0 Å². The van der Waals surface area contributed by atoms with Crippen molar-refractivity contribution in [1.82, 2.24) is 0 Å². The summed E-state index contributed by atoms with van der Waals surface area (Å²) < 4.78 is 0. The van der Waals surface area contributed by atoms with Crippen LogP contribution >= 0.6 is 0 Å². The SMILES string of the molecule is [Co+2].[K+].[Mn+2].[Ni+2].[OH-].[OH-].[OH-].[OH-].[OH-].[OH-].[OH-]. The summed E-state index contributed by atoms with van der Waals surface area (Å²) >= 11 is 0. The molecule has 0 saturated carbocycles. The second-order valence-corrected chi connectivity index (χ2v) is 0. The van der Waals surface area contributed by atoms with Gasteiger partial charge in [-0.25, -0.2) is 0 Å². The Morgan fingerprint density at radius 1 is 0.455 bits per heavy atom.